The third kappa shape index (κ3) is 2.23. The molecule has 1 N–H and O–H groups in total. The van der Waals surface area contributed by atoms with Gasteiger partial charge in [-0.3, -0.25) is 9.89 Å². The summed E-state index contributed by atoms with van der Waals surface area (Å²) >= 11 is 0. The van der Waals surface area contributed by atoms with Crippen LogP contribution in [0.5, 0.6) is 0 Å². The maximum absolute atomic E-state index is 12.4. The third-order valence-electron chi connectivity index (χ3n) is 3.54. The first-order valence-electron chi connectivity index (χ1n) is 6.37. The zero-order valence-corrected chi connectivity index (χ0v) is 10.8. The number of nitrogens with zero attached hydrogens (tertiary/aromatic N) is 5. The first-order valence-corrected chi connectivity index (χ1v) is 6.37. The number of aromatic nitrogens is 5. The second-order valence-corrected chi connectivity index (χ2v) is 4.82. The van der Waals surface area contributed by atoms with Crippen LogP contribution in [-0.2, 0) is 7.05 Å². The Morgan fingerprint density at radius 3 is 3.05 bits per heavy atom. The molecule has 3 heterocycles. The van der Waals surface area contributed by atoms with Crippen molar-refractivity contribution in [2.75, 3.05) is 13.1 Å². The highest BCUT2D eigenvalue weighted by molar-refractivity contribution is 5.90. The van der Waals surface area contributed by atoms with E-state index in [-0.39, 0.29) is 11.8 Å². The smallest absolute Gasteiger partial charge is 0.289 e. The van der Waals surface area contributed by atoms with Gasteiger partial charge in [0.15, 0.2) is 5.82 Å². The minimum absolute atomic E-state index is 0.0169. The van der Waals surface area contributed by atoms with E-state index >= 15 is 0 Å². The van der Waals surface area contributed by atoms with E-state index in [4.69, 9.17) is 0 Å². The molecule has 100 valence electrons. The van der Waals surface area contributed by atoms with Gasteiger partial charge in [-0.15, -0.1) is 0 Å². The van der Waals surface area contributed by atoms with Gasteiger partial charge < -0.3 is 9.47 Å². The molecular weight excluding hydrogens is 244 g/mol. The van der Waals surface area contributed by atoms with Gasteiger partial charge in [-0.25, -0.2) is 9.97 Å². The van der Waals surface area contributed by atoms with E-state index in [1.807, 2.05) is 11.9 Å². The molecule has 0 saturated carbocycles. The van der Waals surface area contributed by atoms with Gasteiger partial charge in [0.25, 0.3) is 5.91 Å². The lowest BCUT2D eigenvalue weighted by Crippen LogP contribution is -2.40. The van der Waals surface area contributed by atoms with Crippen molar-refractivity contribution in [3.63, 3.8) is 0 Å². The molecule has 2 aromatic heterocycles. The van der Waals surface area contributed by atoms with E-state index in [1.165, 1.54) is 6.33 Å². The SMILES string of the molecule is Cn1ccnc1C(=O)N1CCCC(c2ncn[nH]2)C1. The van der Waals surface area contributed by atoms with Crippen LogP contribution in [0.3, 0.4) is 0 Å². The Labute approximate surface area is 110 Å². The second kappa shape index (κ2) is 4.83. The van der Waals surface area contributed by atoms with Crippen molar-refractivity contribution in [3.8, 4) is 0 Å². The normalized spacial score (nSPS) is 19.6. The van der Waals surface area contributed by atoms with Gasteiger partial charge in [0.05, 0.1) is 0 Å². The van der Waals surface area contributed by atoms with E-state index in [0.717, 1.165) is 25.2 Å². The van der Waals surface area contributed by atoms with Crippen molar-refractivity contribution in [1.82, 2.24) is 29.6 Å². The largest absolute Gasteiger partial charge is 0.335 e. The van der Waals surface area contributed by atoms with Crippen LogP contribution in [-0.4, -0.2) is 48.6 Å². The monoisotopic (exact) mass is 260 g/mol. The summed E-state index contributed by atoms with van der Waals surface area (Å²) in [4.78, 5) is 22.5. The van der Waals surface area contributed by atoms with Crippen LogP contribution < -0.4 is 0 Å². The van der Waals surface area contributed by atoms with Crippen molar-refractivity contribution < 1.29 is 4.79 Å². The summed E-state index contributed by atoms with van der Waals surface area (Å²) in [5.41, 5.74) is 0. The number of aryl methyl sites for hydroxylation is 1. The van der Waals surface area contributed by atoms with Crippen LogP contribution in [0.2, 0.25) is 0 Å². The number of carbonyl (C=O) groups excluding carboxylic acids is 1. The van der Waals surface area contributed by atoms with Gasteiger partial charge in [0.1, 0.15) is 12.2 Å². The number of hydrogen-bond acceptors (Lipinski definition) is 4. The fraction of sp³-hybridized carbons (Fsp3) is 0.500. The number of H-pyrrole nitrogens is 1. The lowest BCUT2D eigenvalue weighted by atomic mass is 9.97. The van der Waals surface area contributed by atoms with Gasteiger partial charge in [0.2, 0.25) is 0 Å². The molecular formula is C12H16N6O. The highest BCUT2D eigenvalue weighted by Gasteiger charge is 2.28. The quantitative estimate of drug-likeness (QED) is 0.855. The molecule has 3 rings (SSSR count). The Hall–Kier alpha value is -2.18. The van der Waals surface area contributed by atoms with Crippen LogP contribution in [0, 0.1) is 0 Å². The molecule has 2 aromatic rings. The Bertz CT molecular complexity index is 561. The van der Waals surface area contributed by atoms with Crippen molar-refractivity contribution in [1.29, 1.82) is 0 Å². The average Bonchev–Trinajstić information content (AvgIpc) is 3.09. The summed E-state index contributed by atoms with van der Waals surface area (Å²) in [6.45, 7) is 1.44. The summed E-state index contributed by atoms with van der Waals surface area (Å²) in [7, 11) is 1.83. The average molecular weight is 260 g/mol. The summed E-state index contributed by atoms with van der Waals surface area (Å²) in [6.07, 6.45) is 6.94. The van der Waals surface area contributed by atoms with Crippen LogP contribution >= 0.6 is 0 Å². The molecule has 7 heteroatoms. The fourth-order valence-electron chi connectivity index (χ4n) is 2.51. The van der Waals surface area contributed by atoms with Crippen LogP contribution in [0.25, 0.3) is 0 Å². The molecule has 1 unspecified atom stereocenters. The fourth-order valence-corrected chi connectivity index (χ4v) is 2.51. The zero-order valence-electron chi connectivity index (χ0n) is 10.8. The molecule has 1 aliphatic rings. The van der Waals surface area contributed by atoms with Gasteiger partial charge in [0, 0.05) is 38.4 Å². The van der Waals surface area contributed by atoms with Crippen molar-refractivity contribution in [2.24, 2.45) is 7.05 Å². The van der Waals surface area contributed by atoms with Gasteiger partial charge >= 0.3 is 0 Å². The third-order valence-corrected chi connectivity index (χ3v) is 3.54. The van der Waals surface area contributed by atoms with E-state index in [1.54, 1.807) is 17.0 Å². The Morgan fingerprint density at radius 2 is 2.37 bits per heavy atom. The Kier molecular flexibility index (Phi) is 3.02. The van der Waals surface area contributed by atoms with Crippen LogP contribution in [0.4, 0.5) is 0 Å². The number of nitrogens with one attached hydrogen (secondary N) is 1. The molecule has 0 radical (unpaired) electrons. The number of imidazole rings is 1. The molecule has 19 heavy (non-hydrogen) atoms. The first kappa shape index (κ1) is 11.9. The zero-order chi connectivity index (χ0) is 13.2. The number of aromatic amines is 1. The minimum atomic E-state index is -0.0169. The van der Waals surface area contributed by atoms with Gasteiger partial charge in [-0.1, -0.05) is 0 Å². The summed E-state index contributed by atoms with van der Waals surface area (Å²) in [5.74, 6) is 1.56. The highest BCUT2D eigenvalue weighted by atomic mass is 16.2. The number of amides is 1. The second-order valence-electron chi connectivity index (χ2n) is 4.82. The summed E-state index contributed by atoms with van der Waals surface area (Å²) < 4.78 is 1.75. The van der Waals surface area contributed by atoms with E-state index in [2.05, 4.69) is 20.2 Å². The number of likely N-dealkylation sites (tertiary alicyclic amines) is 1. The molecule has 0 aliphatic carbocycles. The number of rotatable bonds is 2. The van der Waals surface area contributed by atoms with Gasteiger partial charge in [-0.2, -0.15) is 5.10 Å². The van der Waals surface area contributed by atoms with E-state index in [9.17, 15) is 4.79 Å². The molecule has 1 saturated heterocycles. The van der Waals surface area contributed by atoms with E-state index in [0.29, 0.717) is 12.4 Å². The Morgan fingerprint density at radius 1 is 1.47 bits per heavy atom. The molecule has 0 spiro atoms. The summed E-state index contributed by atoms with van der Waals surface area (Å²) in [6, 6.07) is 0. The topological polar surface area (TPSA) is 79.7 Å². The molecule has 1 fully saturated rings. The predicted molar refractivity (Wildman–Crippen MR) is 67.5 cm³/mol. The lowest BCUT2D eigenvalue weighted by molar-refractivity contribution is 0.0688. The predicted octanol–water partition coefficient (Wildman–Crippen LogP) is 0.558. The van der Waals surface area contributed by atoms with E-state index < -0.39 is 0 Å². The molecule has 7 nitrogen and oxygen atoms in total. The number of piperidine rings is 1. The standard InChI is InChI=1S/C12H16N6O/c1-17-6-4-13-11(17)12(19)18-5-2-3-9(7-18)10-14-8-15-16-10/h4,6,8-9H,2-3,5,7H2,1H3,(H,14,15,16). The maximum atomic E-state index is 12.4. The molecule has 1 aliphatic heterocycles. The Balaban J connectivity index is 1.75. The summed E-state index contributed by atoms with van der Waals surface area (Å²) in [5, 5.41) is 6.77. The highest BCUT2D eigenvalue weighted by Crippen LogP contribution is 2.24. The van der Waals surface area contributed by atoms with Crippen LogP contribution in [0.15, 0.2) is 18.7 Å². The maximum Gasteiger partial charge on any atom is 0.289 e. The minimum Gasteiger partial charge on any atom is -0.335 e. The molecule has 1 amide bonds. The van der Waals surface area contributed by atoms with Crippen molar-refractivity contribution >= 4 is 5.91 Å². The molecule has 0 aromatic carbocycles. The van der Waals surface area contributed by atoms with Crippen molar-refractivity contribution in [3.05, 3.63) is 30.4 Å². The van der Waals surface area contributed by atoms with Crippen molar-refractivity contribution in [2.45, 2.75) is 18.8 Å². The lowest BCUT2D eigenvalue weighted by Gasteiger charge is -2.31. The molecule has 1 atom stereocenters. The van der Waals surface area contributed by atoms with Crippen LogP contribution in [0.1, 0.15) is 35.2 Å². The number of hydrogen-bond donors (Lipinski definition) is 1. The van der Waals surface area contributed by atoms with Gasteiger partial charge in [-0.05, 0) is 12.8 Å². The molecule has 0 bridgehead atoms. The first-order chi connectivity index (χ1) is 9.25. The number of carbonyl (C=O) groups is 1.